The third kappa shape index (κ3) is 3.75. The molecule has 0 bridgehead atoms. The standard InChI is InChI=1S/C23H28N4O/c1-16-15-17(2)27-22(25-19-10-5-4-6-11-19)20(26-23(27)24-16)14-13-18-9-7-8-12-21(18)28-3/h7-9,12-15,19,25H,4-6,10-11H2,1-3H3/b14-13+. The first kappa shape index (κ1) is 18.5. The fraction of sp³-hybridized carbons (Fsp3) is 0.391. The van der Waals surface area contributed by atoms with E-state index in [2.05, 4.69) is 39.8 Å². The van der Waals surface area contributed by atoms with Gasteiger partial charge in [0.2, 0.25) is 5.78 Å². The molecule has 1 fully saturated rings. The van der Waals surface area contributed by atoms with Crippen LogP contribution in [0.3, 0.4) is 0 Å². The van der Waals surface area contributed by atoms with Crippen molar-refractivity contribution in [3.8, 4) is 5.75 Å². The van der Waals surface area contributed by atoms with Gasteiger partial charge in [-0.3, -0.25) is 4.40 Å². The molecule has 1 N–H and O–H groups in total. The lowest BCUT2D eigenvalue weighted by atomic mass is 9.95. The number of nitrogens with one attached hydrogen (secondary N) is 1. The number of anilines is 1. The number of benzene rings is 1. The predicted molar refractivity (Wildman–Crippen MR) is 115 cm³/mol. The molecule has 2 heterocycles. The van der Waals surface area contributed by atoms with E-state index in [4.69, 9.17) is 9.72 Å². The fourth-order valence-electron chi connectivity index (χ4n) is 4.06. The van der Waals surface area contributed by atoms with Crippen molar-refractivity contribution in [2.75, 3.05) is 12.4 Å². The molecule has 5 nitrogen and oxygen atoms in total. The summed E-state index contributed by atoms with van der Waals surface area (Å²) in [6.07, 6.45) is 10.5. The molecular formula is C23H28N4O. The Bertz CT molecular complexity index is 999. The molecular weight excluding hydrogens is 348 g/mol. The van der Waals surface area contributed by atoms with Crippen LogP contribution >= 0.6 is 0 Å². The molecule has 0 radical (unpaired) electrons. The Morgan fingerprint density at radius 3 is 2.64 bits per heavy atom. The van der Waals surface area contributed by atoms with Crippen LogP contribution in [-0.4, -0.2) is 27.5 Å². The number of fused-ring (bicyclic) bond motifs is 1. The van der Waals surface area contributed by atoms with Gasteiger partial charge in [0.1, 0.15) is 17.3 Å². The first-order valence-electron chi connectivity index (χ1n) is 10.1. The number of methoxy groups -OCH3 is 1. The highest BCUT2D eigenvalue weighted by Crippen LogP contribution is 2.28. The molecule has 0 aliphatic heterocycles. The van der Waals surface area contributed by atoms with Crippen LogP contribution in [0.2, 0.25) is 0 Å². The lowest BCUT2D eigenvalue weighted by molar-refractivity contribution is 0.414. The van der Waals surface area contributed by atoms with E-state index >= 15 is 0 Å². The molecule has 0 spiro atoms. The maximum atomic E-state index is 5.47. The molecule has 1 aliphatic rings. The number of rotatable bonds is 5. The van der Waals surface area contributed by atoms with E-state index in [0.29, 0.717) is 6.04 Å². The Balaban J connectivity index is 1.76. The number of para-hydroxylation sites is 1. The monoisotopic (exact) mass is 376 g/mol. The van der Waals surface area contributed by atoms with Crippen LogP contribution in [-0.2, 0) is 0 Å². The largest absolute Gasteiger partial charge is 0.496 e. The molecule has 146 valence electrons. The molecule has 0 saturated heterocycles. The molecule has 28 heavy (non-hydrogen) atoms. The van der Waals surface area contributed by atoms with Crippen LogP contribution in [0.1, 0.15) is 54.7 Å². The number of imidazole rings is 1. The Labute approximate surface area is 166 Å². The molecule has 1 aromatic carbocycles. The number of hydrogen-bond donors (Lipinski definition) is 1. The van der Waals surface area contributed by atoms with Crippen molar-refractivity contribution in [3.05, 3.63) is 53.0 Å². The van der Waals surface area contributed by atoms with Gasteiger partial charge in [-0.15, -0.1) is 0 Å². The van der Waals surface area contributed by atoms with Crippen molar-refractivity contribution in [2.45, 2.75) is 52.0 Å². The average molecular weight is 377 g/mol. The Hall–Kier alpha value is -2.82. The summed E-state index contributed by atoms with van der Waals surface area (Å²) in [7, 11) is 1.70. The molecule has 5 heteroatoms. The molecule has 1 saturated carbocycles. The number of ether oxygens (including phenoxy) is 1. The maximum absolute atomic E-state index is 5.47. The molecule has 4 rings (SSSR count). The number of hydrogen-bond acceptors (Lipinski definition) is 4. The Morgan fingerprint density at radius 1 is 1.07 bits per heavy atom. The average Bonchev–Trinajstić information content (AvgIpc) is 3.04. The van der Waals surface area contributed by atoms with E-state index in [9.17, 15) is 0 Å². The van der Waals surface area contributed by atoms with Gasteiger partial charge in [0, 0.05) is 23.0 Å². The van der Waals surface area contributed by atoms with Crippen LogP contribution in [0.25, 0.3) is 17.9 Å². The van der Waals surface area contributed by atoms with E-state index < -0.39 is 0 Å². The highest BCUT2D eigenvalue weighted by molar-refractivity contribution is 5.77. The van der Waals surface area contributed by atoms with Crippen LogP contribution in [0, 0.1) is 13.8 Å². The zero-order chi connectivity index (χ0) is 19.5. The topological polar surface area (TPSA) is 51.5 Å². The van der Waals surface area contributed by atoms with Crippen molar-refractivity contribution in [1.82, 2.24) is 14.4 Å². The van der Waals surface area contributed by atoms with Gasteiger partial charge in [-0.05, 0) is 51.0 Å². The Kier molecular flexibility index (Phi) is 5.33. The Morgan fingerprint density at radius 2 is 1.86 bits per heavy atom. The van der Waals surface area contributed by atoms with Crippen LogP contribution in [0.15, 0.2) is 30.3 Å². The molecule has 0 amide bonds. The maximum Gasteiger partial charge on any atom is 0.236 e. The van der Waals surface area contributed by atoms with Crippen LogP contribution < -0.4 is 10.1 Å². The van der Waals surface area contributed by atoms with Gasteiger partial charge in [-0.1, -0.05) is 37.5 Å². The van der Waals surface area contributed by atoms with E-state index in [-0.39, 0.29) is 0 Å². The normalized spacial score (nSPS) is 15.4. The minimum Gasteiger partial charge on any atom is -0.496 e. The van der Waals surface area contributed by atoms with Crippen LogP contribution in [0.4, 0.5) is 5.82 Å². The summed E-state index contributed by atoms with van der Waals surface area (Å²) >= 11 is 0. The summed E-state index contributed by atoms with van der Waals surface area (Å²) in [4.78, 5) is 9.49. The first-order valence-corrected chi connectivity index (χ1v) is 10.1. The van der Waals surface area contributed by atoms with Crippen molar-refractivity contribution >= 4 is 23.7 Å². The lowest BCUT2D eigenvalue weighted by Gasteiger charge is -2.24. The van der Waals surface area contributed by atoms with Gasteiger partial charge in [0.25, 0.3) is 0 Å². The predicted octanol–water partition coefficient (Wildman–Crippen LogP) is 5.27. The minimum atomic E-state index is 0.493. The highest BCUT2D eigenvalue weighted by atomic mass is 16.5. The molecule has 1 aliphatic carbocycles. The number of aryl methyl sites for hydroxylation is 2. The van der Waals surface area contributed by atoms with Crippen molar-refractivity contribution < 1.29 is 4.74 Å². The second kappa shape index (κ2) is 8.05. The van der Waals surface area contributed by atoms with E-state index in [0.717, 1.165) is 40.0 Å². The zero-order valence-corrected chi connectivity index (χ0v) is 16.9. The quantitative estimate of drug-likeness (QED) is 0.659. The molecule has 2 aromatic heterocycles. The molecule has 3 aromatic rings. The summed E-state index contributed by atoms with van der Waals surface area (Å²) in [6, 6.07) is 10.6. The summed E-state index contributed by atoms with van der Waals surface area (Å²) < 4.78 is 7.62. The van der Waals surface area contributed by atoms with Crippen molar-refractivity contribution in [3.63, 3.8) is 0 Å². The van der Waals surface area contributed by atoms with Gasteiger partial charge in [0.05, 0.1) is 7.11 Å². The molecule has 0 atom stereocenters. The van der Waals surface area contributed by atoms with Crippen molar-refractivity contribution in [1.29, 1.82) is 0 Å². The second-order valence-electron chi connectivity index (χ2n) is 7.57. The smallest absolute Gasteiger partial charge is 0.236 e. The highest BCUT2D eigenvalue weighted by Gasteiger charge is 2.19. The summed E-state index contributed by atoms with van der Waals surface area (Å²) in [5, 5.41) is 3.78. The van der Waals surface area contributed by atoms with Gasteiger partial charge in [0.15, 0.2) is 0 Å². The SMILES string of the molecule is COc1ccccc1/C=C/c1nc2nc(C)cc(C)n2c1NC1CCCCC1. The number of aromatic nitrogens is 3. The van der Waals surface area contributed by atoms with E-state index in [1.54, 1.807) is 7.11 Å². The van der Waals surface area contributed by atoms with E-state index in [1.807, 2.05) is 31.2 Å². The zero-order valence-electron chi connectivity index (χ0n) is 16.9. The van der Waals surface area contributed by atoms with Crippen LogP contribution in [0.5, 0.6) is 5.75 Å². The number of nitrogens with zero attached hydrogens (tertiary/aromatic N) is 3. The third-order valence-electron chi connectivity index (χ3n) is 5.44. The van der Waals surface area contributed by atoms with Gasteiger partial charge >= 0.3 is 0 Å². The minimum absolute atomic E-state index is 0.493. The molecule has 0 unspecified atom stereocenters. The van der Waals surface area contributed by atoms with Crippen molar-refractivity contribution in [2.24, 2.45) is 0 Å². The van der Waals surface area contributed by atoms with E-state index in [1.165, 1.54) is 32.1 Å². The third-order valence-corrected chi connectivity index (χ3v) is 5.44. The summed E-state index contributed by atoms with van der Waals surface area (Å²) in [6.45, 7) is 4.13. The fourth-order valence-corrected chi connectivity index (χ4v) is 4.06. The summed E-state index contributed by atoms with van der Waals surface area (Å²) in [5.74, 6) is 2.64. The van der Waals surface area contributed by atoms with Gasteiger partial charge in [-0.2, -0.15) is 0 Å². The lowest BCUT2D eigenvalue weighted by Crippen LogP contribution is -2.23. The summed E-state index contributed by atoms with van der Waals surface area (Å²) in [5.41, 5.74) is 4.08. The van der Waals surface area contributed by atoms with Gasteiger partial charge < -0.3 is 10.1 Å². The van der Waals surface area contributed by atoms with Gasteiger partial charge in [-0.25, -0.2) is 9.97 Å². The second-order valence-corrected chi connectivity index (χ2v) is 7.57. The first-order chi connectivity index (χ1) is 13.7.